The molecule has 0 radical (unpaired) electrons. The predicted octanol–water partition coefficient (Wildman–Crippen LogP) is 8.47. The minimum absolute atomic E-state index is 0. The third-order valence-corrected chi connectivity index (χ3v) is 24.6. The second-order valence-electron chi connectivity index (χ2n) is 27.9. The number of hydrogen-bond donors (Lipinski definition) is 9. The van der Waals surface area contributed by atoms with Crippen molar-refractivity contribution in [3.8, 4) is 30.1 Å². The van der Waals surface area contributed by atoms with Gasteiger partial charge in [-0.2, -0.15) is 49.8 Å². The molecule has 0 amide bonds. The Morgan fingerprint density at radius 3 is 1.11 bits per heavy atom. The van der Waals surface area contributed by atoms with Crippen molar-refractivity contribution in [1.29, 1.82) is 0 Å². The summed E-state index contributed by atoms with van der Waals surface area (Å²) in [5, 5.41) is 10.1. The lowest BCUT2D eigenvalue weighted by Crippen LogP contribution is -2.23. The summed E-state index contributed by atoms with van der Waals surface area (Å²) < 4.78 is 136. The van der Waals surface area contributed by atoms with Crippen LogP contribution in [0.2, 0.25) is 0 Å². The standard InChI is InChI=1S/C18H29BrN5O6P.C18H30N5O6P.C14H21BrN5O6P.C13H19N5O3.C8H11N5O2.H2/c1-4-29-31(25,30-5-2)11-28-13-8-6-7-12(13)24-16-14(21-17(24)19)15(20)22-18(23-16)27-10-9-26-3;1-4-28-30(24,29-5-2)12-27-14-8-6-7-13(14)23-11-20-15-16(19)21-18(22-17(15)23)26-10-9-25-3;1-24-5-6-25-14-18-11(16)10-12(19-14)20(13(15)17-10)8-3-2-4-9(8)26-7-27(21,22)23;1-20-5-6-21-13-16-11(14)10-12(17-13)18(7-15-10)8-3-2-4-9(8)19;1-14-2-3-15-8-12-6(9)5-7(13-8)11-4-10-5;/h12-13H,4-11H2,1-3H3,(H2,20,22,23);11,13-14H,4-10,12H2,1-3H3,(H2,19,21,22);8-9H,2-7H2,1H3,(H2,16,18,19)(H2,21,22,23);7-9,19H,2-6H2,1H3,(H2,14,16,17);4H,2-3H2,1H3,(H3,9,10,11,12,13);1H/t12-,13-;13-,14-;2*8-,9-;;/m1111../s1/i;;;;;1+2. The molecule has 0 bridgehead atoms. The Hall–Kier alpha value is -8.20. The number of aromatic amines is 1. The smallest absolute Gasteiger partial charge is 0.356 e. The third kappa shape index (κ3) is 26.3. The highest BCUT2D eigenvalue weighted by atomic mass is 79.9. The predicted molar refractivity (Wildman–Crippen MR) is 460 cm³/mol. The number of ether oxygens (including phenoxy) is 13. The molecule has 10 aromatic rings. The fourth-order valence-corrected chi connectivity index (χ4v) is 18.4. The molecule has 14 N–H and O–H groups in total. The summed E-state index contributed by atoms with van der Waals surface area (Å²) >= 11 is 6.94. The summed E-state index contributed by atoms with van der Waals surface area (Å²) in [5.41, 5.74) is 35.0. The fourth-order valence-electron chi connectivity index (χ4n) is 14.1. The van der Waals surface area contributed by atoms with E-state index >= 15 is 0 Å². The molecular weight excluding hydrogens is 1820 g/mol. The van der Waals surface area contributed by atoms with E-state index in [1.165, 1.54) is 6.33 Å². The van der Waals surface area contributed by atoms with Gasteiger partial charge >= 0.3 is 52.8 Å². The third-order valence-electron chi connectivity index (χ3n) is 19.5. The number of nitrogen functional groups attached to an aromatic ring is 5. The van der Waals surface area contributed by atoms with Gasteiger partial charge in [0.2, 0.25) is 0 Å². The van der Waals surface area contributed by atoms with Crippen molar-refractivity contribution in [2.24, 2.45) is 0 Å². The summed E-state index contributed by atoms with van der Waals surface area (Å²) in [5.74, 6) is 1.25. The van der Waals surface area contributed by atoms with E-state index in [2.05, 4.69) is 112 Å². The first-order chi connectivity index (χ1) is 59.7. The second kappa shape index (κ2) is 47.6. The van der Waals surface area contributed by atoms with Crippen LogP contribution < -0.4 is 52.4 Å². The summed E-state index contributed by atoms with van der Waals surface area (Å²) in [4.78, 5) is 84.8. The van der Waals surface area contributed by atoms with E-state index in [4.69, 9.17) is 118 Å². The molecule has 688 valence electrons. The van der Waals surface area contributed by atoms with Gasteiger partial charge < -0.3 is 137 Å². The molecule has 53 heteroatoms. The molecule has 4 fully saturated rings. The summed E-state index contributed by atoms with van der Waals surface area (Å²) in [7, 11) is -2.90. The number of H-pyrrole nitrogens is 1. The quantitative estimate of drug-likeness (QED) is 0.00985. The summed E-state index contributed by atoms with van der Waals surface area (Å²) in [6.45, 7) is 12.0. The number of imidazole rings is 5. The van der Waals surface area contributed by atoms with Crippen LogP contribution in [0.4, 0.5) is 29.1 Å². The molecule has 48 nitrogen and oxygen atoms in total. The maximum absolute atomic E-state index is 12.8. The molecule has 0 aliphatic heterocycles. The fraction of sp³-hybridized carbons (Fsp3) is 0.648. The van der Waals surface area contributed by atoms with Crippen molar-refractivity contribution >= 4 is 140 Å². The van der Waals surface area contributed by atoms with Gasteiger partial charge in [0.25, 0.3) is 0 Å². The first-order valence-corrected chi connectivity index (χ1v) is 46.9. The largest absolute Gasteiger partial charge is 0.461 e. The van der Waals surface area contributed by atoms with Gasteiger partial charge in [0.1, 0.15) is 57.6 Å². The van der Waals surface area contributed by atoms with Gasteiger partial charge in [-0.15, -0.1) is 0 Å². The van der Waals surface area contributed by atoms with Gasteiger partial charge in [0, 0.05) is 37.0 Å². The molecule has 8 atom stereocenters. The maximum atomic E-state index is 12.8. The molecule has 0 unspecified atom stereocenters. The van der Waals surface area contributed by atoms with Crippen LogP contribution >= 0.6 is 54.6 Å². The monoisotopic (exact) mass is 1940 g/mol. The van der Waals surface area contributed by atoms with Crippen molar-refractivity contribution < 1.29 is 110 Å². The van der Waals surface area contributed by atoms with Crippen LogP contribution in [0.1, 0.15) is 130 Å². The molecule has 10 heterocycles. The van der Waals surface area contributed by atoms with Gasteiger partial charge in [-0.3, -0.25) is 22.8 Å². The molecule has 4 saturated carbocycles. The van der Waals surface area contributed by atoms with Crippen molar-refractivity contribution in [2.45, 2.75) is 153 Å². The van der Waals surface area contributed by atoms with Crippen LogP contribution in [-0.2, 0) is 69.7 Å². The number of fused-ring (bicyclic) bond motifs is 5. The number of aromatic nitrogens is 20. The number of nitrogens with zero attached hydrogens (tertiary/aromatic N) is 19. The van der Waals surface area contributed by atoms with Gasteiger partial charge in [-0.25, -0.2) is 24.9 Å². The Bertz CT molecular complexity index is 5180. The number of aliphatic hydroxyl groups excluding tert-OH is 1. The molecule has 124 heavy (non-hydrogen) atoms. The summed E-state index contributed by atoms with van der Waals surface area (Å²) in [6.07, 6.45) is 13.1. The van der Waals surface area contributed by atoms with E-state index in [1.54, 1.807) is 75.9 Å². The van der Waals surface area contributed by atoms with E-state index in [1.807, 2.05) is 18.3 Å². The normalized spacial score (nSPS) is 19.0. The Kier molecular flexibility index (Phi) is 37.6. The molecule has 0 saturated heterocycles. The van der Waals surface area contributed by atoms with Crippen LogP contribution in [0.25, 0.3) is 55.8 Å². The highest BCUT2D eigenvalue weighted by molar-refractivity contribution is 9.10. The zero-order valence-electron chi connectivity index (χ0n) is 70.3. The number of aliphatic hydroxyl groups is 1. The Morgan fingerprint density at radius 1 is 0.411 bits per heavy atom. The average molecular weight is 1940 g/mol. The summed E-state index contributed by atoms with van der Waals surface area (Å²) in [6, 6.07) is 0.514. The van der Waals surface area contributed by atoms with Crippen LogP contribution in [0.3, 0.4) is 0 Å². The number of halogens is 2. The number of rotatable bonds is 41. The van der Waals surface area contributed by atoms with Gasteiger partial charge in [-0.1, -0.05) is 0 Å². The molecule has 4 aliphatic rings. The average Bonchev–Trinajstić information content (AvgIpc) is 2.23. The molecule has 14 rings (SSSR count). The number of hydrogen-bond acceptors (Lipinski definition) is 41. The van der Waals surface area contributed by atoms with Crippen molar-refractivity contribution in [3.63, 3.8) is 0 Å². The van der Waals surface area contributed by atoms with Crippen LogP contribution in [-0.4, -0.2) is 284 Å². The molecule has 0 spiro atoms. The Morgan fingerprint density at radius 2 is 0.742 bits per heavy atom. The van der Waals surface area contributed by atoms with E-state index in [0.717, 1.165) is 70.6 Å². The first kappa shape index (κ1) is 98.0. The van der Waals surface area contributed by atoms with Gasteiger partial charge in [0.05, 0.1) is 127 Å². The van der Waals surface area contributed by atoms with E-state index < -0.39 is 29.1 Å². The van der Waals surface area contributed by atoms with E-state index in [9.17, 15) is 18.8 Å². The minimum atomic E-state index is -4.25. The van der Waals surface area contributed by atoms with E-state index in [-0.39, 0.29) is 136 Å². The maximum Gasteiger partial charge on any atom is 0.356 e. The van der Waals surface area contributed by atoms with Crippen LogP contribution in [0.15, 0.2) is 28.4 Å². The van der Waals surface area contributed by atoms with Gasteiger partial charge in [-0.05, 0) is 137 Å². The lowest BCUT2D eigenvalue weighted by atomic mass is 10.2. The van der Waals surface area contributed by atoms with Crippen LogP contribution in [0.5, 0.6) is 30.1 Å². The highest BCUT2D eigenvalue weighted by Crippen LogP contribution is 2.52. The van der Waals surface area contributed by atoms with Crippen molar-refractivity contribution in [1.82, 2.24) is 98.0 Å². The lowest BCUT2D eigenvalue weighted by Gasteiger charge is -2.25. The van der Waals surface area contributed by atoms with Gasteiger partial charge in [0.15, 0.2) is 88.9 Å². The van der Waals surface area contributed by atoms with Crippen LogP contribution in [0, 0.1) is 0 Å². The lowest BCUT2D eigenvalue weighted by molar-refractivity contribution is 0.0449. The van der Waals surface area contributed by atoms with E-state index in [0.29, 0.717) is 150 Å². The molecule has 10 aromatic heterocycles. The Labute approximate surface area is 731 Å². The second-order valence-corrected chi connectivity index (χ2v) is 34.9. The van der Waals surface area contributed by atoms with Crippen molar-refractivity contribution in [2.75, 3.05) is 176 Å². The number of methoxy groups -OCH3 is 5. The zero-order chi connectivity index (χ0) is 89.1. The highest BCUT2D eigenvalue weighted by Gasteiger charge is 2.40. The Balaban J connectivity index is 0.000000180. The van der Waals surface area contributed by atoms with Crippen molar-refractivity contribution in [3.05, 3.63) is 28.4 Å². The number of nitrogens with two attached hydrogens (primary N) is 5. The number of anilines is 5. The molecular formula is C71H112Br2N25O23P3. The topological polar surface area (TPSA) is 628 Å². The first-order valence-electron chi connectivity index (χ1n) is 40.1. The minimum Gasteiger partial charge on any atom is -0.461 e. The number of nitrogens with one attached hydrogen (secondary N) is 1. The SMILES string of the molecule is CCOP(=O)(CO[C@@H]1CCC[C@H]1n1c(Br)nc2c(N)nc(OCCOC)nc21)OCC.CCOP(=O)(CO[C@@H]1CCC[C@H]1n1cnc2c(N)nc(OCCOC)nc21)OCC.COCCOc1nc(N)c2[nH]cnc2n1.COCCOc1nc(N)c2nc(Br)n([C@@H]3CCC[C@H]3OCP(=O)(O)O)c2n1.COCCOc1nc(N)c2ncn([C@@H]3CCC[C@H]3O)c2n1.[3HH]. The molecule has 0 aromatic carbocycles. The molecule has 4 aliphatic carbocycles. The zero-order valence-corrected chi connectivity index (χ0v) is 76.2.